The predicted octanol–water partition coefficient (Wildman–Crippen LogP) is 0.633. The monoisotopic (exact) mass is 132 g/mol. The first-order chi connectivity index (χ1) is 4.45. The van der Waals surface area contributed by atoms with Gasteiger partial charge in [0, 0.05) is 14.2 Å². The van der Waals surface area contributed by atoms with Gasteiger partial charge >= 0.3 is 0 Å². The quantitative estimate of drug-likeness (QED) is 0.507. The lowest BCUT2D eigenvalue weighted by atomic mass is 9.56. The van der Waals surface area contributed by atoms with Crippen molar-refractivity contribution in [3.63, 3.8) is 0 Å². The highest BCUT2D eigenvalue weighted by molar-refractivity contribution is 4.92. The molecule has 0 radical (unpaired) electrons. The third-order valence-electron chi connectivity index (χ3n) is 2.00. The average molecular weight is 132 g/mol. The van der Waals surface area contributed by atoms with Crippen LogP contribution in [0.15, 0.2) is 0 Å². The zero-order valence-corrected chi connectivity index (χ0v) is 6.17. The van der Waals surface area contributed by atoms with Crippen molar-refractivity contribution in [2.45, 2.75) is 19.3 Å². The number of aliphatic hydroxyl groups is 2. The number of hydrogen-bond acceptors (Lipinski definition) is 2. The Morgan fingerprint density at radius 2 is 0.889 bits per heavy atom. The average Bonchev–Trinajstić information content (AvgIpc) is 1.68. The first kappa shape index (κ1) is 8.92. The molecule has 3 aliphatic carbocycles. The minimum Gasteiger partial charge on any atom is -0.400 e. The summed E-state index contributed by atoms with van der Waals surface area (Å²) in [4.78, 5) is 0. The molecule has 56 valence electrons. The summed E-state index contributed by atoms with van der Waals surface area (Å²) in [6.07, 6.45) is 4.75. The lowest BCUT2D eigenvalue weighted by molar-refractivity contribution is 0.0198. The van der Waals surface area contributed by atoms with Gasteiger partial charge < -0.3 is 10.2 Å². The van der Waals surface area contributed by atoms with Crippen molar-refractivity contribution in [3.05, 3.63) is 0 Å². The lowest BCUT2D eigenvalue weighted by Crippen LogP contribution is -2.38. The van der Waals surface area contributed by atoms with Gasteiger partial charge in [-0.2, -0.15) is 0 Å². The van der Waals surface area contributed by atoms with E-state index in [4.69, 9.17) is 10.2 Å². The molecule has 9 heavy (non-hydrogen) atoms. The topological polar surface area (TPSA) is 40.5 Å². The number of rotatable bonds is 0. The molecule has 3 aliphatic rings. The van der Waals surface area contributed by atoms with E-state index in [0.717, 1.165) is 14.2 Å². The summed E-state index contributed by atoms with van der Waals surface area (Å²) in [7, 11) is 2.00. The molecular formula is C7H16O2. The Bertz CT molecular complexity index is 43.7. The molecule has 0 saturated heterocycles. The zero-order valence-electron chi connectivity index (χ0n) is 6.17. The van der Waals surface area contributed by atoms with E-state index in [1.807, 2.05) is 0 Å². The molecule has 0 heterocycles. The van der Waals surface area contributed by atoms with Crippen molar-refractivity contribution in [1.29, 1.82) is 0 Å². The molecule has 2 bridgehead atoms. The van der Waals surface area contributed by atoms with Crippen LogP contribution in [-0.2, 0) is 0 Å². The van der Waals surface area contributed by atoms with Gasteiger partial charge in [0.2, 0.25) is 0 Å². The fraction of sp³-hybridized carbons (Fsp3) is 1.00. The normalized spacial score (nSPS) is 33.3. The van der Waals surface area contributed by atoms with Crippen molar-refractivity contribution in [2.24, 2.45) is 11.8 Å². The highest BCUT2D eigenvalue weighted by atomic mass is 16.2. The molecule has 3 saturated carbocycles. The molecule has 0 spiro atoms. The Kier molecular flexibility index (Phi) is 4.72. The van der Waals surface area contributed by atoms with Gasteiger partial charge in [-0.05, 0) is 31.1 Å². The predicted molar refractivity (Wildman–Crippen MR) is 37.1 cm³/mol. The van der Waals surface area contributed by atoms with E-state index in [-0.39, 0.29) is 0 Å². The van der Waals surface area contributed by atoms with Crippen LogP contribution in [0.2, 0.25) is 0 Å². The number of hydrogen-bond donors (Lipinski definition) is 2. The standard InChI is InChI=1S/C5H8.2CH4O/c1-4-2-5(1)3-4;2*1-2/h4-5H,1-3H2;2*2H,1H3. The van der Waals surface area contributed by atoms with E-state index in [1.54, 1.807) is 19.3 Å². The first-order valence-electron chi connectivity index (χ1n) is 3.34. The fourth-order valence-corrected chi connectivity index (χ4v) is 1.21. The van der Waals surface area contributed by atoms with Gasteiger partial charge in [-0.25, -0.2) is 0 Å². The first-order valence-corrected chi connectivity index (χ1v) is 3.34. The molecule has 2 nitrogen and oxygen atoms in total. The van der Waals surface area contributed by atoms with Gasteiger partial charge in [-0.3, -0.25) is 0 Å². The molecule has 0 amide bonds. The molecule has 3 fully saturated rings. The highest BCUT2D eigenvalue weighted by Crippen LogP contribution is 2.52. The molecule has 0 aromatic rings. The van der Waals surface area contributed by atoms with E-state index in [9.17, 15) is 0 Å². The Morgan fingerprint density at radius 3 is 0.889 bits per heavy atom. The van der Waals surface area contributed by atoms with Crippen LogP contribution in [0.3, 0.4) is 0 Å². The van der Waals surface area contributed by atoms with Crippen molar-refractivity contribution in [3.8, 4) is 0 Å². The smallest absolute Gasteiger partial charge is 0.0319 e. The Hall–Kier alpha value is -0.0800. The van der Waals surface area contributed by atoms with Gasteiger partial charge in [0.1, 0.15) is 0 Å². The molecule has 0 aliphatic heterocycles. The minimum absolute atomic E-state index is 1.00. The second-order valence-electron chi connectivity index (χ2n) is 2.44. The summed E-state index contributed by atoms with van der Waals surface area (Å²) >= 11 is 0. The highest BCUT2D eigenvalue weighted by Gasteiger charge is 2.41. The maximum Gasteiger partial charge on any atom is 0.0319 e. The van der Waals surface area contributed by atoms with Crippen LogP contribution in [0.4, 0.5) is 0 Å². The second kappa shape index (κ2) is 4.77. The summed E-state index contributed by atoms with van der Waals surface area (Å²) in [5.74, 6) is 2.42. The van der Waals surface area contributed by atoms with Crippen molar-refractivity contribution < 1.29 is 10.2 Å². The van der Waals surface area contributed by atoms with Crippen molar-refractivity contribution >= 4 is 0 Å². The van der Waals surface area contributed by atoms with Crippen LogP contribution in [-0.4, -0.2) is 24.4 Å². The van der Waals surface area contributed by atoms with Crippen molar-refractivity contribution in [1.82, 2.24) is 0 Å². The molecule has 3 rings (SSSR count). The summed E-state index contributed by atoms with van der Waals surface area (Å²) in [6, 6.07) is 0. The third kappa shape index (κ3) is 1.95. The third-order valence-corrected chi connectivity index (χ3v) is 2.00. The van der Waals surface area contributed by atoms with E-state index in [0.29, 0.717) is 0 Å². The maximum absolute atomic E-state index is 7.00. The van der Waals surface area contributed by atoms with Crippen LogP contribution in [0.1, 0.15) is 19.3 Å². The Balaban J connectivity index is 0.000000143. The van der Waals surface area contributed by atoms with Gasteiger partial charge in [0.25, 0.3) is 0 Å². The fourth-order valence-electron chi connectivity index (χ4n) is 1.21. The Morgan fingerprint density at radius 1 is 0.778 bits per heavy atom. The molecule has 2 heteroatoms. The van der Waals surface area contributed by atoms with Crippen LogP contribution >= 0.6 is 0 Å². The summed E-state index contributed by atoms with van der Waals surface area (Å²) in [6.45, 7) is 0. The molecule has 0 aromatic heterocycles. The maximum atomic E-state index is 7.00. The molecule has 0 aromatic carbocycles. The zero-order chi connectivity index (χ0) is 7.28. The summed E-state index contributed by atoms with van der Waals surface area (Å²) in [5, 5.41) is 14.0. The van der Waals surface area contributed by atoms with E-state index < -0.39 is 0 Å². The molecule has 0 atom stereocenters. The van der Waals surface area contributed by atoms with Crippen LogP contribution < -0.4 is 0 Å². The summed E-state index contributed by atoms with van der Waals surface area (Å²) in [5.41, 5.74) is 0. The summed E-state index contributed by atoms with van der Waals surface area (Å²) < 4.78 is 0. The van der Waals surface area contributed by atoms with Gasteiger partial charge in [-0.1, -0.05) is 0 Å². The van der Waals surface area contributed by atoms with E-state index in [1.165, 1.54) is 11.8 Å². The van der Waals surface area contributed by atoms with Crippen LogP contribution in [0, 0.1) is 11.8 Å². The van der Waals surface area contributed by atoms with E-state index >= 15 is 0 Å². The second-order valence-corrected chi connectivity index (χ2v) is 2.44. The lowest BCUT2D eigenvalue weighted by Gasteiger charge is -2.49. The van der Waals surface area contributed by atoms with E-state index in [2.05, 4.69) is 0 Å². The van der Waals surface area contributed by atoms with Crippen molar-refractivity contribution in [2.75, 3.05) is 14.2 Å². The molecular weight excluding hydrogens is 116 g/mol. The molecule has 2 N–H and O–H groups in total. The Labute approximate surface area is 56.5 Å². The van der Waals surface area contributed by atoms with Crippen LogP contribution in [0.5, 0.6) is 0 Å². The SMILES string of the molecule is C1C2CC1C2.CO.CO. The van der Waals surface area contributed by atoms with Gasteiger partial charge in [0.05, 0.1) is 0 Å². The largest absolute Gasteiger partial charge is 0.400 e. The number of aliphatic hydroxyl groups excluding tert-OH is 2. The van der Waals surface area contributed by atoms with Gasteiger partial charge in [-0.15, -0.1) is 0 Å². The minimum atomic E-state index is 1.00. The van der Waals surface area contributed by atoms with Gasteiger partial charge in [0.15, 0.2) is 0 Å². The molecule has 0 unspecified atom stereocenters. The van der Waals surface area contributed by atoms with Crippen LogP contribution in [0.25, 0.3) is 0 Å².